The summed E-state index contributed by atoms with van der Waals surface area (Å²) in [6, 6.07) is 6.52. The van der Waals surface area contributed by atoms with Crippen LogP contribution in [0.3, 0.4) is 0 Å². The van der Waals surface area contributed by atoms with Gasteiger partial charge in [0.25, 0.3) is 0 Å². The molecule has 0 bridgehead atoms. The Balaban J connectivity index is 2.44. The van der Waals surface area contributed by atoms with Gasteiger partial charge in [0.1, 0.15) is 11.0 Å². The Kier molecular flexibility index (Phi) is 4.04. The summed E-state index contributed by atoms with van der Waals surface area (Å²) in [4.78, 5) is 15.3. The molecule has 104 valence electrons. The Morgan fingerprint density at radius 2 is 2.10 bits per heavy atom. The first-order chi connectivity index (χ1) is 9.40. The van der Waals surface area contributed by atoms with Crippen molar-refractivity contribution in [3.63, 3.8) is 0 Å². The number of hydrogen-bond donors (Lipinski definition) is 1. The first-order valence-corrected chi connectivity index (χ1v) is 6.41. The first-order valence-electron chi connectivity index (χ1n) is 6.03. The summed E-state index contributed by atoms with van der Waals surface area (Å²) in [5.74, 6) is -1.37. The number of carboxylic acids is 1. The lowest BCUT2D eigenvalue weighted by Crippen LogP contribution is -2.05. The fraction of sp³-hybridized carbons (Fsp3) is 0.200. The topological polar surface area (TPSA) is 50.2 Å². The van der Waals surface area contributed by atoms with Gasteiger partial charge in [0.2, 0.25) is 0 Å². The molecule has 0 atom stereocenters. The largest absolute Gasteiger partial charge is 0.478 e. The monoisotopic (exact) mass is 293 g/mol. The molecule has 0 unspecified atom stereocenters. The van der Waals surface area contributed by atoms with Crippen LogP contribution in [0, 0.1) is 19.7 Å². The van der Waals surface area contributed by atoms with Crippen molar-refractivity contribution in [2.75, 3.05) is 0 Å². The van der Waals surface area contributed by atoms with Crippen molar-refractivity contribution < 1.29 is 14.3 Å². The molecule has 2 aromatic rings. The number of aromatic carboxylic acids is 1. The number of hydrogen-bond acceptors (Lipinski definition) is 2. The molecule has 5 heteroatoms. The summed E-state index contributed by atoms with van der Waals surface area (Å²) in [6.45, 7) is 3.27. The Hall–Kier alpha value is -1.94. The molecule has 1 N–H and O–H groups in total. The zero-order chi connectivity index (χ0) is 14.9. The van der Waals surface area contributed by atoms with Crippen LogP contribution >= 0.6 is 11.6 Å². The number of carboxylic acid groups (broad SMARTS) is 1. The molecule has 0 aliphatic heterocycles. The van der Waals surface area contributed by atoms with Crippen molar-refractivity contribution in [3.05, 3.63) is 63.2 Å². The predicted octanol–water partition coefficient (Wildman–Crippen LogP) is 3.78. The smallest absolute Gasteiger partial charge is 0.336 e. The van der Waals surface area contributed by atoms with E-state index < -0.39 is 5.97 Å². The lowest BCUT2D eigenvalue weighted by atomic mass is 10.0. The molecule has 0 aliphatic carbocycles. The molecular weight excluding hydrogens is 281 g/mol. The SMILES string of the molecule is Cc1cccc(Cc2cc(C(=O)O)c(C)c(Cl)n2)c1F. The number of rotatable bonds is 3. The third kappa shape index (κ3) is 2.80. The second-order valence-corrected chi connectivity index (χ2v) is 4.96. The number of pyridine rings is 1. The zero-order valence-corrected chi connectivity index (χ0v) is 11.8. The molecular formula is C15H13ClFNO2. The van der Waals surface area contributed by atoms with E-state index in [0.29, 0.717) is 22.4 Å². The van der Waals surface area contributed by atoms with E-state index in [2.05, 4.69) is 4.98 Å². The molecule has 0 saturated heterocycles. The minimum atomic E-state index is -1.07. The van der Waals surface area contributed by atoms with Gasteiger partial charge < -0.3 is 5.11 Å². The summed E-state index contributed by atoms with van der Waals surface area (Å²) < 4.78 is 13.9. The minimum absolute atomic E-state index is 0.0908. The van der Waals surface area contributed by atoms with E-state index in [9.17, 15) is 9.18 Å². The molecule has 0 amide bonds. The number of nitrogens with zero attached hydrogens (tertiary/aromatic N) is 1. The summed E-state index contributed by atoms with van der Waals surface area (Å²) >= 11 is 5.93. The van der Waals surface area contributed by atoms with Crippen LogP contribution in [0.1, 0.15) is 32.7 Å². The van der Waals surface area contributed by atoms with E-state index in [-0.39, 0.29) is 23.0 Å². The van der Waals surface area contributed by atoms with E-state index in [1.165, 1.54) is 6.07 Å². The number of halogens is 2. The lowest BCUT2D eigenvalue weighted by Gasteiger charge is -2.09. The van der Waals surface area contributed by atoms with Gasteiger partial charge in [-0.15, -0.1) is 0 Å². The highest BCUT2D eigenvalue weighted by molar-refractivity contribution is 6.30. The first kappa shape index (κ1) is 14.5. The molecule has 1 aromatic heterocycles. The standard InChI is InChI=1S/C15H13ClFNO2/c1-8-4-3-5-10(13(8)17)6-11-7-12(15(19)20)9(2)14(16)18-11/h3-5,7H,6H2,1-2H3,(H,19,20). The maximum Gasteiger partial charge on any atom is 0.336 e. The van der Waals surface area contributed by atoms with Crippen molar-refractivity contribution >= 4 is 17.6 Å². The summed E-state index contributed by atoms with van der Waals surface area (Å²) in [5, 5.41) is 9.25. The molecule has 1 aromatic carbocycles. The van der Waals surface area contributed by atoms with Crippen LogP contribution in [0.25, 0.3) is 0 Å². The van der Waals surface area contributed by atoms with Crippen LogP contribution < -0.4 is 0 Å². The second-order valence-electron chi connectivity index (χ2n) is 4.61. The van der Waals surface area contributed by atoms with Crippen molar-refractivity contribution in [2.45, 2.75) is 20.3 Å². The fourth-order valence-corrected chi connectivity index (χ4v) is 2.19. The van der Waals surface area contributed by atoms with E-state index in [1.807, 2.05) is 0 Å². The summed E-state index contributed by atoms with van der Waals surface area (Å²) in [6.07, 6.45) is 0.202. The third-order valence-electron chi connectivity index (χ3n) is 3.14. The maximum atomic E-state index is 13.9. The van der Waals surface area contributed by atoms with Crippen molar-refractivity contribution in [1.82, 2.24) is 4.98 Å². The Labute approximate surface area is 121 Å². The van der Waals surface area contributed by atoms with Crippen molar-refractivity contribution in [3.8, 4) is 0 Å². The molecule has 2 rings (SSSR count). The minimum Gasteiger partial charge on any atom is -0.478 e. The van der Waals surface area contributed by atoms with Gasteiger partial charge in [0.15, 0.2) is 0 Å². The second kappa shape index (κ2) is 5.59. The van der Waals surface area contributed by atoms with E-state index in [1.54, 1.807) is 32.0 Å². The van der Waals surface area contributed by atoms with Gasteiger partial charge in [0.05, 0.1) is 5.56 Å². The molecule has 0 saturated carbocycles. The van der Waals surface area contributed by atoms with Gasteiger partial charge in [0, 0.05) is 17.7 Å². The van der Waals surface area contributed by atoms with Gasteiger partial charge in [-0.2, -0.15) is 0 Å². The maximum absolute atomic E-state index is 13.9. The molecule has 3 nitrogen and oxygen atoms in total. The number of aryl methyl sites for hydroxylation is 1. The highest BCUT2D eigenvalue weighted by Crippen LogP contribution is 2.21. The van der Waals surface area contributed by atoms with E-state index in [4.69, 9.17) is 16.7 Å². The van der Waals surface area contributed by atoms with Crippen LogP contribution in [0.4, 0.5) is 4.39 Å². The molecule has 0 spiro atoms. The zero-order valence-electron chi connectivity index (χ0n) is 11.1. The number of carbonyl (C=O) groups is 1. The van der Waals surface area contributed by atoms with Crippen LogP contribution in [0.5, 0.6) is 0 Å². The van der Waals surface area contributed by atoms with E-state index >= 15 is 0 Å². The average Bonchev–Trinajstić information content (AvgIpc) is 2.38. The van der Waals surface area contributed by atoms with Gasteiger partial charge in [-0.3, -0.25) is 0 Å². The highest BCUT2D eigenvalue weighted by Gasteiger charge is 2.14. The fourth-order valence-electron chi connectivity index (χ4n) is 1.98. The Bertz CT molecular complexity index is 686. The van der Waals surface area contributed by atoms with Gasteiger partial charge in [-0.1, -0.05) is 29.8 Å². The van der Waals surface area contributed by atoms with Crippen molar-refractivity contribution in [2.24, 2.45) is 0 Å². The highest BCUT2D eigenvalue weighted by atomic mass is 35.5. The molecule has 1 heterocycles. The van der Waals surface area contributed by atoms with Crippen LogP contribution in [0.15, 0.2) is 24.3 Å². The Morgan fingerprint density at radius 3 is 2.75 bits per heavy atom. The summed E-state index contributed by atoms with van der Waals surface area (Å²) in [7, 11) is 0. The number of benzene rings is 1. The summed E-state index contributed by atoms with van der Waals surface area (Å²) in [5.41, 5.74) is 1.94. The van der Waals surface area contributed by atoms with Crippen LogP contribution in [0.2, 0.25) is 5.15 Å². The van der Waals surface area contributed by atoms with Gasteiger partial charge >= 0.3 is 5.97 Å². The molecule has 0 radical (unpaired) electrons. The Morgan fingerprint density at radius 1 is 1.40 bits per heavy atom. The lowest BCUT2D eigenvalue weighted by molar-refractivity contribution is 0.0696. The number of aromatic nitrogens is 1. The molecule has 0 fully saturated rings. The van der Waals surface area contributed by atoms with Gasteiger partial charge in [-0.25, -0.2) is 14.2 Å². The van der Waals surface area contributed by atoms with Crippen LogP contribution in [-0.4, -0.2) is 16.1 Å². The third-order valence-corrected chi connectivity index (χ3v) is 3.51. The van der Waals surface area contributed by atoms with Gasteiger partial charge in [-0.05, 0) is 31.0 Å². The van der Waals surface area contributed by atoms with Crippen LogP contribution in [-0.2, 0) is 6.42 Å². The van der Waals surface area contributed by atoms with E-state index in [0.717, 1.165) is 0 Å². The molecule has 20 heavy (non-hydrogen) atoms. The normalized spacial score (nSPS) is 10.6. The quantitative estimate of drug-likeness (QED) is 0.876. The van der Waals surface area contributed by atoms with Crippen molar-refractivity contribution in [1.29, 1.82) is 0 Å². The average molecular weight is 294 g/mol. The predicted molar refractivity (Wildman–Crippen MR) is 74.9 cm³/mol. The molecule has 0 aliphatic rings.